The molecule has 2 saturated heterocycles. The fourth-order valence-electron chi connectivity index (χ4n) is 6.55. The lowest BCUT2D eigenvalue weighted by Gasteiger charge is -2.36. The van der Waals surface area contributed by atoms with Crippen LogP contribution in [0.1, 0.15) is 40.4 Å². The van der Waals surface area contributed by atoms with Crippen molar-refractivity contribution in [1.82, 2.24) is 25.3 Å². The van der Waals surface area contributed by atoms with Crippen molar-refractivity contribution in [2.45, 2.75) is 37.3 Å². The van der Waals surface area contributed by atoms with Crippen molar-refractivity contribution >= 4 is 54.4 Å². The normalized spacial score (nSPS) is 17.8. The molecule has 21 heteroatoms. The second-order valence-corrected chi connectivity index (χ2v) is 13.1. The fourth-order valence-corrected chi connectivity index (χ4v) is 6.81. The third-order valence-corrected chi connectivity index (χ3v) is 9.78. The number of carbonyl (C=O) groups is 5. The summed E-state index contributed by atoms with van der Waals surface area (Å²) in [6.45, 7) is 0.550. The lowest BCUT2D eigenvalue weighted by Crippen LogP contribution is -2.56. The molecule has 6 rings (SSSR count). The van der Waals surface area contributed by atoms with Crippen LogP contribution in [0.4, 0.5) is 28.9 Å². The van der Waals surface area contributed by atoms with Gasteiger partial charge in [-0.2, -0.15) is 0 Å². The minimum Gasteiger partial charge on any atom is -0.534 e. The van der Waals surface area contributed by atoms with Crippen molar-refractivity contribution in [3.63, 3.8) is 0 Å². The fraction of sp³-hybridized carbons (Fsp3) is 0.303. The van der Waals surface area contributed by atoms with E-state index in [1.165, 1.54) is 23.1 Å². The van der Waals surface area contributed by atoms with Gasteiger partial charge < -0.3 is 55.9 Å². The summed E-state index contributed by atoms with van der Waals surface area (Å²) < 4.78 is 34.2. The number of rotatable bonds is 7. The Morgan fingerprint density at radius 2 is 1.61 bits per heavy atom. The zero-order valence-corrected chi connectivity index (χ0v) is 28.7. The van der Waals surface area contributed by atoms with Gasteiger partial charge in [0.2, 0.25) is 5.91 Å². The molecule has 3 aromatic carbocycles. The first kappa shape index (κ1) is 37.7. The smallest absolute Gasteiger partial charge is 0.534 e. The molecule has 0 aromatic heterocycles. The molecule has 0 radical (unpaired) electrons. The van der Waals surface area contributed by atoms with Crippen LogP contribution < -0.4 is 20.6 Å². The molecule has 2 atom stereocenters. The van der Waals surface area contributed by atoms with E-state index in [2.05, 4.69) is 16.0 Å². The summed E-state index contributed by atoms with van der Waals surface area (Å²) in [4.78, 5) is 69.1. The van der Waals surface area contributed by atoms with Crippen LogP contribution in [0.5, 0.6) is 23.0 Å². The molecular formula is C33H32BClF2N6O11. The van der Waals surface area contributed by atoms with E-state index in [1.807, 2.05) is 0 Å². The summed E-state index contributed by atoms with van der Waals surface area (Å²) >= 11 is 6.19. The van der Waals surface area contributed by atoms with Gasteiger partial charge in [-0.15, -0.1) is 0 Å². The maximum Gasteiger partial charge on any atom is 0.547 e. The zero-order chi connectivity index (χ0) is 39.0. The summed E-state index contributed by atoms with van der Waals surface area (Å²) in [5, 5.41) is 56.4. The largest absolute Gasteiger partial charge is 0.547 e. The maximum atomic E-state index is 14.7. The number of carboxylic acids is 1. The van der Waals surface area contributed by atoms with Crippen LogP contribution in [0, 0.1) is 11.6 Å². The van der Waals surface area contributed by atoms with Crippen molar-refractivity contribution in [2.75, 3.05) is 31.5 Å². The van der Waals surface area contributed by atoms with E-state index >= 15 is 0 Å². The Morgan fingerprint density at radius 1 is 0.926 bits per heavy atom. The van der Waals surface area contributed by atoms with E-state index in [0.29, 0.717) is 24.6 Å². The van der Waals surface area contributed by atoms with E-state index in [1.54, 1.807) is 17.0 Å². The molecule has 54 heavy (non-hydrogen) atoms. The van der Waals surface area contributed by atoms with Crippen molar-refractivity contribution in [2.24, 2.45) is 0 Å². The summed E-state index contributed by atoms with van der Waals surface area (Å²) in [5.74, 6) is -9.51. The van der Waals surface area contributed by atoms with Gasteiger partial charge in [0.1, 0.15) is 28.9 Å². The first-order valence-electron chi connectivity index (χ1n) is 16.5. The Morgan fingerprint density at radius 3 is 2.28 bits per heavy atom. The van der Waals surface area contributed by atoms with Gasteiger partial charge in [0.05, 0.1) is 11.0 Å². The number of carboxylic acid groups (broad SMARTS) is 1. The number of piperidine rings is 1. The second-order valence-electron chi connectivity index (χ2n) is 12.7. The molecule has 284 valence electrons. The highest BCUT2D eigenvalue weighted by atomic mass is 35.5. The van der Waals surface area contributed by atoms with Gasteiger partial charge in [-0.05, 0) is 61.2 Å². The monoisotopic (exact) mass is 772 g/mol. The molecule has 8 N–H and O–H groups in total. The molecule has 0 spiro atoms. The summed E-state index contributed by atoms with van der Waals surface area (Å²) in [5.41, 5.74) is -0.801. The SMILES string of the molecule is O=C(O)c1c(F)ccc2c1OB(O)C(NC(=O)C(NC(=O)N1CCN(C3CCN(C(=O)Nc4ccc(O)cc4)CC3)C1=O)c1cc(F)c(O)c(O)c1Cl)C2. The maximum absolute atomic E-state index is 14.7. The summed E-state index contributed by atoms with van der Waals surface area (Å²) in [6.07, 6.45) is 0.474. The number of nitrogens with one attached hydrogen (secondary N) is 3. The average molecular weight is 773 g/mol. The summed E-state index contributed by atoms with van der Waals surface area (Å²) in [7, 11) is -1.93. The number of carbonyl (C=O) groups excluding carboxylic acids is 4. The van der Waals surface area contributed by atoms with Crippen LogP contribution in [0.25, 0.3) is 0 Å². The number of phenolic OH excluding ortho intramolecular Hbond substituents is 3. The van der Waals surface area contributed by atoms with Gasteiger partial charge in [-0.3, -0.25) is 4.79 Å². The average Bonchev–Trinajstić information content (AvgIpc) is 3.53. The number of benzene rings is 3. The van der Waals surface area contributed by atoms with Gasteiger partial charge in [0.15, 0.2) is 17.3 Å². The number of anilines is 1. The van der Waals surface area contributed by atoms with Crippen LogP contribution in [0.15, 0.2) is 42.5 Å². The molecule has 0 bridgehead atoms. The Hall–Kier alpha value is -6.02. The number of likely N-dealkylation sites (tertiary alicyclic amines) is 1. The second kappa shape index (κ2) is 15.1. The van der Waals surface area contributed by atoms with Gasteiger partial charge in [-0.1, -0.05) is 17.7 Å². The Balaban J connectivity index is 1.15. The van der Waals surface area contributed by atoms with E-state index in [4.69, 9.17) is 16.3 Å². The van der Waals surface area contributed by atoms with Gasteiger partial charge >= 0.3 is 31.2 Å². The standard InChI is InChI=1S/C33H32BClF2N6O11/c35-24-19(14-21(37)26(45)27(24)46)25(29(47)39-22-13-15-1-6-20(36)23(30(48)49)28(15)54-34(22)53)40-32(51)43-12-11-42(33(43)52)17-7-9-41(10-8-17)31(50)38-16-2-4-18(44)5-3-16/h1-6,14,17,22,25,44-46,53H,7-13H2,(H,38,50)(H,39,47)(H,40,51)(H,48,49). The minimum absolute atomic E-state index is 0.0440. The minimum atomic E-state index is -1.96. The predicted molar refractivity (Wildman–Crippen MR) is 184 cm³/mol. The molecule has 0 saturated carbocycles. The van der Waals surface area contributed by atoms with Crippen molar-refractivity contribution in [3.8, 4) is 23.0 Å². The van der Waals surface area contributed by atoms with E-state index in [-0.39, 0.29) is 56.0 Å². The van der Waals surface area contributed by atoms with Gasteiger partial charge in [0, 0.05) is 43.5 Å². The molecule has 3 aliphatic heterocycles. The van der Waals surface area contributed by atoms with Crippen LogP contribution in [0.3, 0.4) is 0 Å². The quantitative estimate of drug-likeness (QED) is 0.0987. The number of hydrogen-bond acceptors (Lipinski definition) is 10. The van der Waals surface area contributed by atoms with Crippen molar-refractivity contribution in [1.29, 1.82) is 0 Å². The molecule has 2 fully saturated rings. The number of nitrogens with zero attached hydrogens (tertiary/aromatic N) is 3. The first-order chi connectivity index (χ1) is 25.6. The molecular weight excluding hydrogens is 741 g/mol. The van der Waals surface area contributed by atoms with Crippen molar-refractivity contribution < 1.29 is 62.9 Å². The predicted octanol–water partition coefficient (Wildman–Crippen LogP) is 2.76. The molecule has 0 aliphatic carbocycles. The van der Waals surface area contributed by atoms with Crippen molar-refractivity contribution in [3.05, 3.63) is 75.8 Å². The number of aromatic hydroxyl groups is 3. The highest BCUT2D eigenvalue weighted by molar-refractivity contribution is 6.47. The Kier molecular flexibility index (Phi) is 10.6. The topological polar surface area (TPSA) is 242 Å². The highest BCUT2D eigenvalue weighted by Gasteiger charge is 2.43. The number of phenols is 3. The third kappa shape index (κ3) is 7.42. The number of urea groups is 3. The summed E-state index contributed by atoms with van der Waals surface area (Å²) in [6, 6.07) is 4.05. The number of aromatic carboxylic acids is 1. The van der Waals surface area contributed by atoms with Crippen LogP contribution in [0.2, 0.25) is 5.02 Å². The molecule has 17 nitrogen and oxygen atoms in total. The first-order valence-corrected chi connectivity index (χ1v) is 16.9. The Bertz CT molecular complexity index is 2020. The third-order valence-electron chi connectivity index (χ3n) is 9.38. The Labute approximate surface area is 309 Å². The van der Waals surface area contributed by atoms with E-state index < -0.39 is 88.1 Å². The van der Waals surface area contributed by atoms with E-state index in [9.17, 15) is 58.2 Å². The number of amides is 7. The number of imide groups is 1. The number of halogens is 3. The zero-order valence-electron chi connectivity index (χ0n) is 28.0. The van der Waals surface area contributed by atoms with Crippen LogP contribution in [-0.2, 0) is 11.2 Å². The molecule has 3 heterocycles. The highest BCUT2D eigenvalue weighted by Crippen LogP contribution is 2.41. The molecule has 2 unspecified atom stereocenters. The lowest BCUT2D eigenvalue weighted by molar-refractivity contribution is -0.123. The molecule has 3 aromatic rings. The van der Waals surface area contributed by atoms with Gasteiger partial charge in [0.25, 0.3) is 0 Å². The van der Waals surface area contributed by atoms with Gasteiger partial charge in [-0.25, -0.2) is 32.9 Å². The number of hydrogen-bond donors (Lipinski definition) is 8. The van der Waals surface area contributed by atoms with Crippen LogP contribution in [-0.4, -0.2) is 115 Å². The van der Waals surface area contributed by atoms with Crippen LogP contribution >= 0.6 is 11.6 Å². The molecule has 7 amide bonds. The lowest BCUT2D eigenvalue weighted by atomic mass is 9.72. The number of fused-ring (bicyclic) bond motifs is 1. The molecule has 3 aliphatic rings. The van der Waals surface area contributed by atoms with E-state index in [0.717, 1.165) is 11.0 Å².